The highest BCUT2D eigenvalue weighted by Gasteiger charge is 2.18. The van der Waals surface area contributed by atoms with Crippen LogP contribution in [0.5, 0.6) is 0 Å². The molecule has 5 nitrogen and oxygen atoms in total. The standard InChI is InChI=1S/C22H16BrN3O2/c23-15-11-9-14(10-12-15)21(27)16-5-1-2-6-17(16)22(28)24-13-20-25-18-7-3-4-8-19(18)26-20/h1-12H,13H2,(H,24,28)(H,25,26). The van der Waals surface area contributed by atoms with Gasteiger partial charge in [0.05, 0.1) is 23.1 Å². The minimum absolute atomic E-state index is 0.193. The molecule has 0 aliphatic rings. The number of hydrogen-bond donors (Lipinski definition) is 2. The first-order valence-electron chi connectivity index (χ1n) is 8.73. The van der Waals surface area contributed by atoms with Crippen molar-refractivity contribution in [2.45, 2.75) is 6.54 Å². The van der Waals surface area contributed by atoms with Crippen LogP contribution in [-0.2, 0) is 6.54 Å². The molecule has 28 heavy (non-hydrogen) atoms. The van der Waals surface area contributed by atoms with Crippen LogP contribution in [-0.4, -0.2) is 21.7 Å². The molecule has 0 aliphatic heterocycles. The zero-order chi connectivity index (χ0) is 19.5. The van der Waals surface area contributed by atoms with E-state index >= 15 is 0 Å². The lowest BCUT2D eigenvalue weighted by atomic mass is 9.98. The average molecular weight is 434 g/mol. The summed E-state index contributed by atoms with van der Waals surface area (Å²) in [7, 11) is 0. The van der Waals surface area contributed by atoms with E-state index in [0.717, 1.165) is 15.5 Å². The molecule has 6 heteroatoms. The summed E-state index contributed by atoms with van der Waals surface area (Å²) in [5.41, 5.74) is 2.99. The second kappa shape index (κ2) is 7.78. The fourth-order valence-corrected chi connectivity index (χ4v) is 3.25. The molecule has 4 aromatic rings. The fraction of sp³-hybridized carbons (Fsp3) is 0.0455. The molecule has 0 saturated carbocycles. The van der Waals surface area contributed by atoms with Crippen molar-refractivity contribution in [3.05, 3.63) is 99.8 Å². The van der Waals surface area contributed by atoms with Crippen molar-refractivity contribution < 1.29 is 9.59 Å². The average Bonchev–Trinajstić information content (AvgIpc) is 3.15. The van der Waals surface area contributed by atoms with E-state index in [4.69, 9.17) is 0 Å². The van der Waals surface area contributed by atoms with Gasteiger partial charge in [0.25, 0.3) is 5.91 Å². The van der Waals surface area contributed by atoms with E-state index in [-0.39, 0.29) is 18.2 Å². The zero-order valence-electron chi connectivity index (χ0n) is 14.8. The zero-order valence-corrected chi connectivity index (χ0v) is 16.4. The number of imidazole rings is 1. The highest BCUT2D eigenvalue weighted by Crippen LogP contribution is 2.18. The predicted octanol–water partition coefficient (Wildman–Crippen LogP) is 4.49. The second-order valence-electron chi connectivity index (χ2n) is 6.26. The van der Waals surface area contributed by atoms with Gasteiger partial charge in [-0.1, -0.05) is 46.3 Å². The van der Waals surface area contributed by atoms with E-state index in [0.29, 0.717) is 22.5 Å². The van der Waals surface area contributed by atoms with Crippen molar-refractivity contribution in [1.29, 1.82) is 0 Å². The molecular formula is C22H16BrN3O2. The maximum absolute atomic E-state index is 12.9. The Morgan fingerprint density at radius 1 is 0.893 bits per heavy atom. The Bertz CT molecular complexity index is 1130. The molecule has 0 radical (unpaired) electrons. The SMILES string of the molecule is O=C(NCc1nc2ccccc2[nH]1)c1ccccc1C(=O)c1ccc(Br)cc1. The molecule has 1 aromatic heterocycles. The van der Waals surface area contributed by atoms with E-state index in [1.54, 1.807) is 48.5 Å². The number of ketones is 1. The van der Waals surface area contributed by atoms with Gasteiger partial charge in [0.15, 0.2) is 5.78 Å². The topological polar surface area (TPSA) is 74.8 Å². The van der Waals surface area contributed by atoms with E-state index in [1.165, 1.54) is 0 Å². The maximum Gasteiger partial charge on any atom is 0.252 e. The molecule has 2 N–H and O–H groups in total. The number of nitrogens with one attached hydrogen (secondary N) is 2. The van der Waals surface area contributed by atoms with Crippen LogP contribution in [0, 0.1) is 0 Å². The number of nitrogens with zero attached hydrogens (tertiary/aromatic N) is 1. The highest BCUT2D eigenvalue weighted by molar-refractivity contribution is 9.10. The van der Waals surface area contributed by atoms with Crippen LogP contribution in [0.25, 0.3) is 11.0 Å². The fourth-order valence-electron chi connectivity index (χ4n) is 2.98. The van der Waals surface area contributed by atoms with E-state index < -0.39 is 0 Å². The second-order valence-corrected chi connectivity index (χ2v) is 7.18. The van der Waals surface area contributed by atoms with Crippen molar-refractivity contribution in [1.82, 2.24) is 15.3 Å². The Morgan fingerprint density at radius 3 is 2.32 bits per heavy atom. The van der Waals surface area contributed by atoms with Gasteiger partial charge in [-0.3, -0.25) is 9.59 Å². The number of amides is 1. The summed E-state index contributed by atoms with van der Waals surface area (Å²) in [6.45, 7) is 0.244. The van der Waals surface area contributed by atoms with Crippen LogP contribution >= 0.6 is 15.9 Å². The number of aromatic nitrogens is 2. The maximum atomic E-state index is 12.9. The number of rotatable bonds is 5. The van der Waals surface area contributed by atoms with Crippen LogP contribution in [0.4, 0.5) is 0 Å². The molecule has 4 rings (SSSR count). The number of benzene rings is 3. The largest absolute Gasteiger partial charge is 0.345 e. The number of carbonyl (C=O) groups excluding carboxylic acids is 2. The summed E-state index contributed by atoms with van der Waals surface area (Å²) < 4.78 is 0.890. The lowest BCUT2D eigenvalue weighted by Crippen LogP contribution is -2.25. The molecule has 0 saturated heterocycles. The number of fused-ring (bicyclic) bond motifs is 1. The van der Waals surface area contributed by atoms with Gasteiger partial charge in [-0.25, -0.2) is 4.98 Å². The van der Waals surface area contributed by atoms with Gasteiger partial charge in [-0.15, -0.1) is 0 Å². The van der Waals surface area contributed by atoms with E-state index in [1.807, 2.05) is 24.3 Å². The third kappa shape index (κ3) is 3.73. The van der Waals surface area contributed by atoms with Gasteiger partial charge in [0.1, 0.15) is 5.82 Å². The Labute approximate surface area is 169 Å². The van der Waals surface area contributed by atoms with Gasteiger partial charge in [-0.05, 0) is 42.5 Å². The molecule has 0 unspecified atom stereocenters. The van der Waals surface area contributed by atoms with Crippen molar-refractivity contribution >= 4 is 38.7 Å². The first-order chi connectivity index (χ1) is 13.6. The van der Waals surface area contributed by atoms with Crippen LogP contribution < -0.4 is 5.32 Å². The molecule has 138 valence electrons. The van der Waals surface area contributed by atoms with E-state index in [2.05, 4.69) is 31.2 Å². The molecule has 0 atom stereocenters. The minimum atomic E-state index is -0.318. The van der Waals surface area contributed by atoms with Crippen LogP contribution in [0.2, 0.25) is 0 Å². The third-order valence-corrected chi connectivity index (χ3v) is 4.91. The predicted molar refractivity (Wildman–Crippen MR) is 111 cm³/mol. The Hall–Kier alpha value is -3.25. The van der Waals surface area contributed by atoms with Crippen LogP contribution in [0.1, 0.15) is 32.1 Å². The summed E-state index contributed by atoms with van der Waals surface area (Å²) in [5.74, 6) is 0.148. The molecule has 0 aliphatic carbocycles. The Balaban J connectivity index is 1.54. The van der Waals surface area contributed by atoms with Crippen molar-refractivity contribution in [2.75, 3.05) is 0 Å². The Kier molecular flexibility index (Phi) is 5.04. The first-order valence-corrected chi connectivity index (χ1v) is 9.52. The van der Waals surface area contributed by atoms with Crippen molar-refractivity contribution in [2.24, 2.45) is 0 Å². The number of halogens is 1. The van der Waals surface area contributed by atoms with Crippen LogP contribution in [0.15, 0.2) is 77.3 Å². The number of carbonyl (C=O) groups is 2. The summed E-state index contributed by atoms with van der Waals surface area (Å²) in [6.07, 6.45) is 0. The summed E-state index contributed by atoms with van der Waals surface area (Å²) in [5, 5.41) is 2.84. The van der Waals surface area contributed by atoms with Gasteiger partial charge < -0.3 is 10.3 Å². The normalized spacial score (nSPS) is 10.8. The van der Waals surface area contributed by atoms with E-state index in [9.17, 15) is 9.59 Å². The van der Waals surface area contributed by atoms with Crippen LogP contribution in [0.3, 0.4) is 0 Å². The summed E-state index contributed by atoms with van der Waals surface area (Å²) in [4.78, 5) is 33.2. The molecule has 1 amide bonds. The third-order valence-electron chi connectivity index (χ3n) is 4.38. The Morgan fingerprint density at radius 2 is 1.57 bits per heavy atom. The van der Waals surface area contributed by atoms with Gasteiger partial charge in [-0.2, -0.15) is 0 Å². The molecule has 3 aromatic carbocycles. The van der Waals surface area contributed by atoms with Gasteiger partial charge >= 0.3 is 0 Å². The number of aromatic amines is 1. The number of hydrogen-bond acceptors (Lipinski definition) is 3. The first kappa shape index (κ1) is 18.1. The van der Waals surface area contributed by atoms with Crippen molar-refractivity contribution in [3.63, 3.8) is 0 Å². The van der Waals surface area contributed by atoms with Crippen molar-refractivity contribution in [3.8, 4) is 0 Å². The minimum Gasteiger partial charge on any atom is -0.345 e. The smallest absolute Gasteiger partial charge is 0.252 e. The quantitative estimate of drug-likeness (QED) is 0.455. The summed E-state index contributed by atoms with van der Waals surface area (Å²) in [6, 6.07) is 21.6. The van der Waals surface area contributed by atoms with Gasteiger partial charge in [0, 0.05) is 15.6 Å². The molecule has 0 spiro atoms. The van der Waals surface area contributed by atoms with Gasteiger partial charge in [0.2, 0.25) is 0 Å². The lowest BCUT2D eigenvalue weighted by Gasteiger charge is -2.09. The highest BCUT2D eigenvalue weighted by atomic mass is 79.9. The summed E-state index contributed by atoms with van der Waals surface area (Å²) >= 11 is 3.36. The number of para-hydroxylation sites is 2. The monoisotopic (exact) mass is 433 g/mol. The number of H-pyrrole nitrogens is 1. The molecule has 1 heterocycles. The lowest BCUT2D eigenvalue weighted by molar-refractivity contribution is 0.0939. The molecular weight excluding hydrogens is 418 g/mol. The molecule has 0 bridgehead atoms. The molecule has 0 fully saturated rings.